The van der Waals surface area contributed by atoms with E-state index in [1.807, 2.05) is 0 Å². The molecular formula is C30H39B. The Morgan fingerprint density at radius 2 is 0.806 bits per heavy atom. The van der Waals surface area contributed by atoms with Gasteiger partial charge < -0.3 is 0 Å². The normalized spacial score (nSPS) is 10.9. The minimum Gasteiger partial charge on any atom is -0.0684 e. The lowest BCUT2D eigenvalue weighted by Gasteiger charge is -2.18. The van der Waals surface area contributed by atoms with E-state index < -0.39 is 0 Å². The molecule has 0 atom stereocenters. The third-order valence-electron chi connectivity index (χ3n) is 6.31. The number of unbranched alkanes of at least 4 members (excludes halogenated alkanes) is 3. The maximum Gasteiger partial charge on any atom is 0.241 e. The third kappa shape index (κ3) is 6.86. The van der Waals surface area contributed by atoms with Crippen LogP contribution in [0.5, 0.6) is 0 Å². The highest BCUT2D eigenvalue weighted by Gasteiger charge is 2.22. The van der Waals surface area contributed by atoms with Gasteiger partial charge in [0, 0.05) is 0 Å². The van der Waals surface area contributed by atoms with E-state index in [9.17, 15) is 0 Å². The fourth-order valence-electron chi connectivity index (χ4n) is 4.50. The average molecular weight is 410 g/mol. The summed E-state index contributed by atoms with van der Waals surface area (Å²) < 4.78 is 0. The molecule has 0 aliphatic heterocycles. The Bertz CT molecular complexity index is 805. The van der Waals surface area contributed by atoms with Crippen LogP contribution < -0.4 is 16.4 Å². The van der Waals surface area contributed by atoms with Crippen molar-refractivity contribution >= 4 is 23.1 Å². The summed E-state index contributed by atoms with van der Waals surface area (Å²) in [6.45, 7) is 7.12. The summed E-state index contributed by atoms with van der Waals surface area (Å²) in [5.74, 6) is 0. The highest BCUT2D eigenvalue weighted by atomic mass is 14.1. The Kier molecular flexibility index (Phi) is 9.47. The smallest absolute Gasteiger partial charge is 0.0684 e. The molecule has 0 saturated carbocycles. The highest BCUT2D eigenvalue weighted by Crippen LogP contribution is 2.09. The maximum atomic E-state index is 2.46. The second-order valence-corrected chi connectivity index (χ2v) is 8.98. The summed E-state index contributed by atoms with van der Waals surface area (Å²) >= 11 is 0. The molecule has 3 rings (SSSR count). The van der Waals surface area contributed by atoms with E-state index in [4.69, 9.17) is 0 Å². The van der Waals surface area contributed by atoms with Crippen molar-refractivity contribution in [1.82, 2.24) is 0 Å². The van der Waals surface area contributed by atoms with E-state index in [-0.39, 0.29) is 0 Å². The summed E-state index contributed by atoms with van der Waals surface area (Å²) in [7, 11) is 0. The zero-order valence-corrected chi connectivity index (χ0v) is 19.9. The molecule has 0 aliphatic carbocycles. The Labute approximate surface area is 191 Å². The van der Waals surface area contributed by atoms with Gasteiger partial charge in [-0.25, -0.2) is 0 Å². The molecule has 0 spiro atoms. The lowest BCUT2D eigenvalue weighted by Crippen LogP contribution is -2.52. The first-order chi connectivity index (χ1) is 15.2. The molecule has 0 amide bonds. The van der Waals surface area contributed by atoms with Crippen LogP contribution in [-0.2, 0) is 19.3 Å². The van der Waals surface area contributed by atoms with Crippen LogP contribution in [0, 0.1) is 0 Å². The average Bonchev–Trinajstić information content (AvgIpc) is 2.81. The summed E-state index contributed by atoms with van der Waals surface area (Å²) in [6, 6.07) is 28.0. The number of aryl methyl sites for hydroxylation is 3. The van der Waals surface area contributed by atoms with Gasteiger partial charge in [-0.15, -0.1) is 0 Å². The second-order valence-electron chi connectivity index (χ2n) is 8.98. The van der Waals surface area contributed by atoms with Crippen molar-refractivity contribution in [3.8, 4) is 0 Å². The van der Waals surface area contributed by atoms with Crippen LogP contribution in [0.25, 0.3) is 0 Å². The lowest BCUT2D eigenvalue weighted by molar-refractivity contribution is 0.795. The molecule has 0 aromatic heterocycles. The summed E-state index contributed by atoms with van der Waals surface area (Å²) in [6.07, 6.45) is 11.0. The van der Waals surface area contributed by atoms with Gasteiger partial charge in [0.25, 0.3) is 0 Å². The van der Waals surface area contributed by atoms with Gasteiger partial charge in [-0.2, -0.15) is 0 Å². The molecule has 0 bridgehead atoms. The summed E-state index contributed by atoms with van der Waals surface area (Å²) in [4.78, 5) is 0. The number of rotatable bonds is 12. The van der Waals surface area contributed by atoms with Gasteiger partial charge in [0.1, 0.15) is 0 Å². The van der Waals surface area contributed by atoms with E-state index in [0.29, 0.717) is 6.71 Å². The Balaban J connectivity index is 2.03. The molecular weight excluding hydrogens is 371 g/mol. The van der Waals surface area contributed by atoms with Crippen LogP contribution in [0.3, 0.4) is 0 Å². The van der Waals surface area contributed by atoms with Crippen molar-refractivity contribution in [3.63, 3.8) is 0 Å². The SMILES string of the molecule is CCCCc1cccc(B(c2cccc(CCCC)c2)c2cccc(CCCC)c2)c1. The van der Waals surface area contributed by atoms with Crippen molar-refractivity contribution in [2.24, 2.45) is 0 Å². The monoisotopic (exact) mass is 410 g/mol. The standard InChI is InChI=1S/C30H39B/c1-4-7-13-25-16-10-19-28(22-25)31(29-20-11-17-26(23-29)14-8-5-2)30-21-12-18-27(24-30)15-9-6-3/h10-12,16-24H,4-9,13-15H2,1-3H3. The molecule has 0 heterocycles. The molecule has 0 saturated heterocycles. The van der Waals surface area contributed by atoms with Crippen LogP contribution in [0.1, 0.15) is 76.0 Å². The fraction of sp³-hybridized carbons (Fsp3) is 0.400. The van der Waals surface area contributed by atoms with E-state index >= 15 is 0 Å². The Morgan fingerprint density at radius 1 is 0.484 bits per heavy atom. The molecule has 0 N–H and O–H groups in total. The maximum absolute atomic E-state index is 2.46. The molecule has 3 aromatic carbocycles. The predicted molar refractivity (Wildman–Crippen MR) is 140 cm³/mol. The first-order valence-electron chi connectivity index (χ1n) is 12.5. The van der Waals surface area contributed by atoms with Gasteiger partial charge >= 0.3 is 0 Å². The van der Waals surface area contributed by atoms with Crippen LogP contribution in [-0.4, -0.2) is 6.71 Å². The molecule has 0 aliphatic rings. The van der Waals surface area contributed by atoms with Gasteiger partial charge in [0.15, 0.2) is 0 Å². The predicted octanol–water partition coefficient (Wildman–Crippen LogP) is 6.23. The third-order valence-corrected chi connectivity index (χ3v) is 6.31. The van der Waals surface area contributed by atoms with Crippen molar-refractivity contribution in [1.29, 1.82) is 0 Å². The lowest BCUT2D eigenvalue weighted by atomic mass is 9.36. The van der Waals surface area contributed by atoms with E-state index in [1.54, 1.807) is 0 Å². The summed E-state index contributed by atoms with van der Waals surface area (Å²) in [5.41, 5.74) is 8.67. The molecule has 162 valence electrons. The van der Waals surface area contributed by atoms with E-state index in [0.717, 1.165) is 0 Å². The highest BCUT2D eigenvalue weighted by molar-refractivity contribution is 6.95. The first-order valence-corrected chi connectivity index (χ1v) is 12.5. The second kappa shape index (κ2) is 12.5. The number of hydrogen-bond acceptors (Lipinski definition) is 0. The molecule has 0 unspecified atom stereocenters. The molecule has 0 radical (unpaired) electrons. The topological polar surface area (TPSA) is 0 Å². The Hall–Kier alpha value is -2.28. The molecule has 0 fully saturated rings. The van der Waals surface area contributed by atoms with Gasteiger partial charge in [-0.3, -0.25) is 0 Å². The van der Waals surface area contributed by atoms with Crippen molar-refractivity contribution in [2.75, 3.05) is 0 Å². The molecule has 1 heteroatoms. The summed E-state index contributed by atoms with van der Waals surface area (Å²) in [5, 5.41) is 0. The zero-order valence-electron chi connectivity index (χ0n) is 19.9. The number of hydrogen-bond donors (Lipinski definition) is 0. The van der Waals surface area contributed by atoms with Gasteiger partial charge in [0.05, 0.1) is 0 Å². The van der Waals surface area contributed by atoms with Gasteiger partial charge in [-0.05, 0) is 55.2 Å². The van der Waals surface area contributed by atoms with Crippen molar-refractivity contribution in [2.45, 2.75) is 78.6 Å². The first kappa shape index (κ1) is 23.4. The van der Waals surface area contributed by atoms with Gasteiger partial charge in [-0.1, -0.05) is 129 Å². The van der Waals surface area contributed by atoms with Crippen LogP contribution in [0.15, 0.2) is 72.8 Å². The minimum absolute atomic E-state index is 0.296. The molecule has 0 nitrogen and oxygen atoms in total. The van der Waals surface area contributed by atoms with Gasteiger partial charge in [0.2, 0.25) is 6.71 Å². The van der Waals surface area contributed by atoms with E-state index in [1.165, 1.54) is 90.9 Å². The fourth-order valence-corrected chi connectivity index (χ4v) is 4.50. The quantitative estimate of drug-likeness (QED) is 0.311. The van der Waals surface area contributed by atoms with Crippen LogP contribution in [0.2, 0.25) is 0 Å². The Morgan fingerprint density at radius 3 is 1.10 bits per heavy atom. The zero-order chi connectivity index (χ0) is 21.9. The largest absolute Gasteiger partial charge is 0.241 e. The van der Waals surface area contributed by atoms with E-state index in [2.05, 4.69) is 93.6 Å². The molecule has 3 aromatic rings. The van der Waals surface area contributed by atoms with Crippen LogP contribution in [0.4, 0.5) is 0 Å². The minimum atomic E-state index is 0.296. The molecule has 31 heavy (non-hydrogen) atoms. The number of benzene rings is 3. The van der Waals surface area contributed by atoms with Crippen molar-refractivity contribution in [3.05, 3.63) is 89.5 Å². The van der Waals surface area contributed by atoms with Crippen LogP contribution >= 0.6 is 0 Å². The van der Waals surface area contributed by atoms with Crippen molar-refractivity contribution < 1.29 is 0 Å².